The van der Waals surface area contributed by atoms with E-state index in [4.69, 9.17) is 4.74 Å². The van der Waals surface area contributed by atoms with E-state index in [-0.39, 0.29) is 47.9 Å². The number of guanidine groups is 1. The third-order valence-electron chi connectivity index (χ3n) is 4.39. The van der Waals surface area contributed by atoms with E-state index >= 15 is 0 Å². The highest BCUT2D eigenvalue weighted by Crippen LogP contribution is 2.16. The van der Waals surface area contributed by atoms with Gasteiger partial charge >= 0.3 is 0 Å². The lowest BCUT2D eigenvalue weighted by Gasteiger charge is -2.37. The van der Waals surface area contributed by atoms with Crippen LogP contribution in [-0.2, 0) is 14.3 Å². The molecule has 26 heavy (non-hydrogen) atoms. The van der Waals surface area contributed by atoms with Gasteiger partial charge in [0.25, 0.3) is 5.91 Å². The van der Waals surface area contributed by atoms with Gasteiger partial charge in [0.1, 0.15) is 6.10 Å². The number of nitrogens with zero attached hydrogens (tertiary/aromatic N) is 3. The van der Waals surface area contributed by atoms with Gasteiger partial charge in [0.05, 0.1) is 0 Å². The summed E-state index contributed by atoms with van der Waals surface area (Å²) < 4.78 is 5.49. The van der Waals surface area contributed by atoms with Crippen molar-refractivity contribution in [1.82, 2.24) is 20.4 Å². The second kappa shape index (κ2) is 11.6. The molecule has 0 aromatic rings. The number of hydrogen-bond donors (Lipinski definition) is 2. The van der Waals surface area contributed by atoms with Gasteiger partial charge in [-0.25, -0.2) is 0 Å². The van der Waals surface area contributed by atoms with Crippen molar-refractivity contribution >= 4 is 41.8 Å². The minimum Gasteiger partial charge on any atom is -0.368 e. The third kappa shape index (κ3) is 6.90. The smallest absolute Gasteiger partial charge is 0.251 e. The van der Waals surface area contributed by atoms with Gasteiger partial charge < -0.3 is 25.2 Å². The summed E-state index contributed by atoms with van der Waals surface area (Å²) in [6.45, 7) is 7.94. The van der Waals surface area contributed by atoms with Crippen LogP contribution in [0.3, 0.4) is 0 Å². The maximum Gasteiger partial charge on any atom is 0.251 e. The molecule has 150 valence electrons. The topological polar surface area (TPSA) is 86.3 Å². The summed E-state index contributed by atoms with van der Waals surface area (Å²) in [5.41, 5.74) is 0. The summed E-state index contributed by atoms with van der Waals surface area (Å²) >= 11 is 0. The average molecular weight is 481 g/mol. The van der Waals surface area contributed by atoms with Crippen LogP contribution >= 0.6 is 24.0 Å². The van der Waals surface area contributed by atoms with E-state index in [1.165, 1.54) is 0 Å². The minimum absolute atomic E-state index is 0. The fourth-order valence-electron chi connectivity index (χ4n) is 3.13. The highest BCUT2D eigenvalue weighted by atomic mass is 127. The second-order valence-electron chi connectivity index (χ2n) is 6.76. The van der Waals surface area contributed by atoms with E-state index in [9.17, 15) is 9.59 Å². The number of aliphatic imine (C=N–C) groups is 1. The maximum absolute atomic E-state index is 12.4. The zero-order chi connectivity index (χ0) is 18.2. The monoisotopic (exact) mass is 481 g/mol. The number of carbonyl (C=O) groups is 2. The zero-order valence-corrected chi connectivity index (χ0v) is 18.3. The highest BCUT2D eigenvalue weighted by molar-refractivity contribution is 14.0. The van der Waals surface area contributed by atoms with Gasteiger partial charge in [0.15, 0.2) is 5.96 Å². The predicted molar refractivity (Wildman–Crippen MR) is 112 cm³/mol. The van der Waals surface area contributed by atoms with Gasteiger partial charge in [-0.1, -0.05) is 0 Å². The Morgan fingerprint density at radius 3 is 2.38 bits per heavy atom. The van der Waals surface area contributed by atoms with Crippen LogP contribution in [-0.4, -0.2) is 86.1 Å². The molecule has 0 aromatic heterocycles. The fraction of sp³-hybridized carbons (Fsp3) is 0.824. The number of rotatable bonds is 5. The predicted octanol–water partition coefficient (Wildman–Crippen LogP) is 0.418. The van der Waals surface area contributed by atoms with Crippen LogP contribution in [0.15, 0.2) is 4.99 Å². The molecule has 1 unspecified atom stereocenters. The molecule has 2 rings (SSSR count). The molecular weight excluding hydrogens is 449 g/mol. The molecule has 2 amide bonds. The first kappa shape index (κ1) is 22.9. The van der Waals surface area contributed by atoms with E-state index in [2.05, 4.69) is 20.5 Å². The number of halogens is 1. The second-order valence-corrected chi connectivity index (χ2v) is 6.76. The van der Waals surface area contributed by atoms with Crippen molar-refractivity contribution in [1.29, 1.82) is 0 Å². The number of ether oxygens (including phenoxy) is 1. The van der Waals surface area contributed by atoms with Crippen LogP contribution in [0, 0.1) is 0 Å². The molecule has 2 N–H and O–H groups in total. The molecule has 0 bridgehead atoms. The maximum atomic E-state index is 12.4. The van der Waals surface area contributed by atoms with Crippen LogP contribution < -0.4 is 10.6 Å². The zero-order valence-electron chi connectivity index (χ0n) is 16.0. The van der Waals surface area contributed by atoms with Crippen molar-refractivity contribution in [2.24, 2.45) is 4.99 Å². The molecule has 2 aliphatic rings. The normalized spacial score (nSPS) is 20.8. The molecule has 9 heteroatoms. The number of nitrogens with one attached hydrogen (secondary N) is 2. The summed E-state index contributed by atoms with van der Waals surface area (Å²) in [5, 5.41) is 6.10. The van der Waals surface area contributed by atoms with Crippen molar-refractivity contribution < 1.29 is 14.3 Å². The molecule has 2 fully saturated rings. The minimum atomic E-state index is -0.247. The quantitative estimate of drug-likeness (QED) is 0.338. The van der Waals surface area contributed by atoms with Gasteiger partial charge in [-0.15, -0.1) is 24.0 Å². The van der Waals surface area contributed by atoms with Gasteiger partial charge in [-0.3, -0.25) is 14.6 Å². The highest BCUT2D eigenvalue weighted by Gasteiger charge is 2.30. The lowest BCUT2D eigenvalue weighted by atomic mass is 10.2. The third-order valence-corrected chi connectivity index (χ3v) is 4.39. The van der Waals surface area contributed by atoms with Crippen molar-refractivity contribution in [3.8, 4) is 0 Å². The van der Waals surface area contributed by atoms with Gasteiger partial charge in [0, 0.05) is 58.8 Å². The summed E-state index contributed by atoms with van der Waals surface area (Å²) in [6, 6.07) is 0.154. The van der Waals surface area contributed by atoms with E-state index < -0.39 is 0 Å². The lowest BCUT2D eigenvalue weighted by Crippen LogP contribution is -2.55. The Morgan fingerprint density at radius 2 is 1.85 bits per heavy atom. The Balaban J connectivity index is 0.00000338. The number of hydrogen-bond acceptors (Lipinski definition) is 4. The van der Waals surface area contributed by atoms with E-state index in [0.717, 1.165) is 31.9 Å². The molecule has 1 atom stereocenters. The van der Waals surface area contributed by atoms with Gasteiger partial charge in [-0.05, 0) is 26.7 Å². The van der Waals surface area contributed by atoms with Crippen molar-refractivity contribution in [2.45, 2.75) is 45.3 Å². The Hall–Kier alpha value is -1.10. The van der Waals surface area contributed by atoms with Crippen LogP contribution in [0.4, 0.5) is 0 Å². The van der Waals surface area contributed by atoms with Crippen molar-refractivity contribution in [3.63, 3.8) is 0 Å². The first-order chi connectivity index (χ1) is 12.0. The standard InChI is InChI=1S/C17H31N5O3.HI/c1-13(2)20-15(23)6-7-19-17(18-3)22-10-8-21(9-11-22)16(24)14-5-4-12-25-14;/h13-14H,4-12H2,1-3H3,(H,18,19)(H,20,23);1H. The van der Waals surface area contributed by atoms with Crippen molar-refractivity contribution in [3.05, 3.63) is 0 Å². The fourth-order valence-corrected chi connectivity index (χ4v) is 3.13. The molecule has 2 saturated heterocycles. The number of amides is 2. The lowest BCUT2D eigenvalue weighted by molar-refractivity contribution is -0.142. The average Bonchev–Trinajstić information content (AvgIpc) is 3.12. The van der Waals surface area contributed by atoms with Crippen LogP contribution in [0.1, 0.15) is 33.1 Å². The SMILES string of the molecule is CN=C(NCCC(=O)NC(C)C)N1CCN(C(=O)C2CCCO2)CC1.I. The van der Waals surface area contributed by atoms with E-state index in [0.29, 0.717) is 32.7 Å². The molecule has 0 aromatic carbocycles. The van der Waals surface area contributed by atoms with Gasteiger partial charge in [0.2, 0.25) is 5.91 Å². The number of carbonyl (C=O) groups excluding carboxylic acids is 2. The molecule has 2 heterocycles. The molecule has 0 radical (unpaired) electrons. The summed E-state index contributed by atoms with van der Waals surface area (Å²) in [4.78, 5) is 32.4. The first-order valence-corrected chi connectivity index (χ1v) is 9.16. The summed E-state index contributed by atoms with van der Waals surface area (Å²) in [7, 11) is 1.74. The van der Waals surface area contributed by atoms with E-state index in [1.54, 1.807) is 7.05 Å². The van der Waals surface area contributed by atoms with Crippen molar-refractivity contribution in [2.75, 3.05) is 46.4 Å². The van der Waals surface area contributed by atoms with E-state index in [1.807, 2.05) is 18.7 Å². The van der Waals surface area contributed by atoms with Crippen LogP contribution in [0.2, 0.25) is 0 Å². The Bertz CT molecular complexity index is 487. The molecular formula is C17H32IN5O3. The summed E-state index contributed by atoms with van der Waals surface area (Å²) in [6.07, 6.45) is 1.97. The largest absolute Gasteiger partial charge is 0.368 e. The Kier molecular flexibility index (Phi) is 10.2. The molecule has 0 spiro atoms. The summed E-state index contributed by atoms with van der Waals surface area (Å²) in [5.74, 6) is 0.928. The Labute approximate surface area is 173 Å². The first-order valence-electron chi connectivity index (χ1n) is 9.16. The van der Waals surface area contributed by atoms with Crippen LogP contribution in [0.5, 0.6) is 0 Å². The molecule has 2 aliphatic heterocycles. The van der Waals surface area contributed by atoms with Gasteiger partial charge in [-0.2, -0.15) is 0 Å². The molecule has 0 saturated carbocycles. The van der Waals surface area contributed by atoms with Crippen LogP contribution in [0.25, 0.3) is 0 Å². The number of piperazine rings is 1. The molecule has 8 nitrogen and oxygen atoms in total. The Morgan fingerprint density at radius 1 is 1.19 bits per heavy atom. The molecule has 0 aliphatic carbocycles.